The summed E-state index contributed by atoms with van der Waals surface area (Å²) in [4.78, 5) is 31.8. The maximum absolute atomic E-state index is 12.6. The molecule has 4 rings (SSSR count). The molecule has 3 N–H and O–H groups in total. The minimum absolute atomic E-state index is 0.0780. The van der Waals surface area contributed by atoms with Crippen molar-refractivity contribution in [2.45, 2.75) is 32.6 Å². The molecule has 29 heavy (non-hydrogen) atoms. The maximum Gasteiger partial charge on any atom is 0.277 e. The van der Waals surface area contributed by atoms with Crippen LogP contribution in [0, 0.1) is 0 Å². The Labute approximate surface area is 172 Å². The molecular formula is C20H24N6O2S. The number of aryl methyl sites for hydroxylation is 1. The average molecular weight is 413 g/mol. The Hall–Kier alpha value is -2.78. The van der Waals surface area contributed by atoms with E-state index in [0.29, 0.717) is 15.7 Å². The Kier molecular flexibility index (Phi) is 5.59. The number of amides is 1. The van der Waals surface area contributed by atoms with E-state index in [1.165, 1.54) is 22.3 Å². The fourth-order valence-electron chi connectivity index (χ4n) is 3.50. The van der Waals surface area contributed by atoms with Crippen molar-refractivity contribution in [2.24, 2.45) is 5.73 Å². The first-order chi connectivity index (χ1) is 14.1. The Balaban J connectivity index is 1.74. The van der Waals surface area contributed by atoms with Crippen LogP contribution in [-0.2, 0) is 11.2 Å². The summed E-state index contributed by atoms with van der Waals surface area (Å²) in [6.45, 7) is 3.82. The highest BCUT2D eigenvalue weighted by atomic mass is 32.1. The molecule has 3 aromatic rings. The lowest BCUT2D eigenvalue weighted by molar-refractivity contribution is -0.114. The zero-order valence-corrected chi connectivity index (χ0v) is 17.2. The molecule has 1 aliphatic heterocycles. The molecule has 152 valence electrons. The van der Waals surface area contributed by atoms with Gasteiger partial charge < -0.3 is 16.0 Å². The average Bonchev–Trinajstić information content (AvgIpc) is 3.19. The molecule has 1 aliphatic rings. The number of nitrogens with two attached hydrogens (primary N) is 1. The standard InChI is InChI=1S/C20H24N6O2S/c1-2-13-8-14(10-15(9-13)22-17(27)12-21)19-24-26-18(28)11-16(23-20(26)29-19)25-6-4-3-5-7-25/h8-11H,2-7,12,21H2,1H3,(H,22,27). The molecule has 0 spiro atoms. The molecule has 1 aromatic carbocycles. The van der Waals surface area contributed by atoms with E-state index in [-0.39, 0.29) is 18.0 Å². The molecule has 9 heteroatoms. The van der Waals surface area contributed by atoms with Crippen LogP contribution >= 0.6 is 11.3 Å². The molecule has 0 bridgehead atoms. The van der Waals surface area contributed by atoms with Crippen LogP contribution in [0.15, 0.2) is 29.1 Å². The smallest absolute Gasteiger partial charge is 0.277 e. The quantitative estimate of drug-likeness (QED) is 0.666. The molecule has 0 atom stereocenters. The van der Waals surface area contributed by atoms with Crippen molar-refractivity contribution in [1.82, 2.24) is 14.6 Å². The predicted molar refractivity (Wildman–Crippen MR) is 116 cm³/mol. The van der Waals surface area contributed by atoms with Gasteiger partial charge in [0.05, 0.1) is 6.54 Å². The Morgan fingerprint density at radius 1 is 1.21 bits per heavy atom. The van der Waals surface area contributed by atoms with Gasteiger partial charge in [0.15, 0.2) is 0 Å². The number of piperidine rings is 1. The van der Waals surface area contributed by atoms with Crippen LogP contribution in [0.3, 0.4) is 0 Å². The molecule has 1 fully saturated rings. The molecular weight excluding hydrogens is 388 g/mol. The molecule has 2 aromatic heterocycles. The van der Waals surface area contributed by atoms with Crippen LogP contribution in [0.5, 0.6) is 0 Å². The second-order valence-corrected chi connectivity index (χ2v) is 8.08. The van der Waals surface area contributed by atoms with E-state index in [1.807, 2.05) is 25.1 Å². The van der Waals surface area contributed by atoms with E-state index in [9.17, 15) is 9.59 Å². The van der Waals surface area contributed by atoms with E-state index < -0.39 is 0 Å². The van der Waals surface area contributed by atoms with E-state index in [4.69, 9.17) is 10.7 Å². The summed E-state index contributed by atoms with van der Waals surface area (Å²) in [5.41, 5.74) is 7.80. The highest BCUT2D eigenvalue weighted by molar-refractivity contribution is 7.19. The molecule has 0 unspecified atom stereocenters. The number of hydrogen-bond donors (Lipinski definition) is 2. The highest BCUT2D eigenvalue weighted by Crippen LogP contribution is 2.29. The first kappa shape index (κ1) is 19.5. The van der Waals surface area contributed by atoms with Gasteiger partial charge in [-0.05, 0) is 49.4 Å². The normalized spacial score (nSPS) is 14.3. The lowest BCUT2D eigenvalue weighted by Crippen LogP contribution is -2.31. The summed E-state index contributed by atoms with van der Waals surface area (Å²) in [6, 6.07) is 7.36. The molecule has 3 heterocycles. The Bertz CT molecular complexity index is 1100. The van der Waals surface area contributed by atoms with Crippen molar-refractivity contribution in [3.05, 3.63) is 40.2 Å². The van der Waals surface area contributed by atoms with E-state index in [1.54, 1.807) is 6.07 Å². The van der Waals surface area contributed by atoms with Crippen molar-refractivity contribution < 1.29 is 4.79 Å². The zero-order valence-electron chi connectivity index (χ0n) is 16.4. The van der Waals surface area contributed by atoms with E-state index >= 15 is 0 Å². The number of aromatic nitrogens is 3. The molecule has 0 aliphatic carbocycles. The fraction of sp³-hybridized carbons (Fsp3) is 0.400. The van der Waals surface area contributed by atoms with Gasteiger partial charge in [-0.15, -0.1) is 0 Å². The summed E-state index contributed by atoms with van der Waals surface area (Å²) in [6.07, 6.45) is 4.27. The van der Waals surface area contributed by atoms with Crippen LogP contribution in [0.2, 0.25) is 0 Å². The van der Waals surface area contributed by atoms with Gasteiger partial charge in [-0.1, -0.05) is 18.3 Å². The fourth-order valence-corrected chi connectivity index (χ4v) is 4.39. The largest absolute Gasteiger partial charge is 0.356 e. The number of nitrogens with zero attached hydrogens (tertiary/aromatic N) is 4. The number of nitrogens with one attached hydrogen (secondary N) is 1. The van der Waals surface area contributed by atoms with Gasteiger partial charge in [-0.3, -0.25) is 9.59 Å². The summed E-state index contributed by atoms with van der Waals surface area (Å²) >= 11 is 1.37. The number of carbonyl (C=O) groups is 1. The Morgan fingerprint density at radius 2 is 2.00 bits per heavy atom. The molecule has 8 nitrogen and oxygen atoms in total. The third-order valence-corrected chi connectivity index (χ3v) is 5.99. The van der Waals surface area contributed by atoms with Crippen LogP contribution < -0.4 is 21.5 Å². The second-order valence-electron chi connectivity index (χ2n) is 7.13. The van der Waals surface area contributed by atoms with Gasteiger partial charge in [0, 0.05) is 30.4 Å². The number of benzene rings is 1. The topological polar surface area (TPSA) is 106 Å². The van der Waals surface area contributed by atoms with Crippen LogP contribution in [-0.4, -0.2) is 40.1 Å². The van der Waals surface area contributed by atoms with Crippen molar-refractivity contribution in [3.8, 4) is 10.6 Å². The first-order valence-electron chi connectivity index (χ1n) is 9.87. The maximum atomic E-state index is 12.6. The number of hydrogen-bond acceptors (Lipinski definition) is 7. The highest BCUT2D eigenvalue weighted by Gasteiger charge is 2.17. The minimum atomic E-state index is -0.252. The van der Waals surface area contributed by atoms with Crippen molar-refractivity contribution in [2.75, 3.05) is 29.9 Å². The van der Waals surface area contributed by atoms with Crippen LogP contribution in [0.1, 0.15) is 31.7 Å². The molecule has 0 saturated carbocycles. The lowest BCUT2D eigenvalue weighted by atomic mass is 10.1. The molecule has 1 saturated heterocycles. The SMILES string of the molecule is CCc1cc(NC(=O)CN)cc(-c2nn3c(=O)cc(N4CCCCC4)nc3s2)c1. The minimum Gasteiger partial charge on any atom is -0.356 e. The first-order valence-corrected chi connectivity index (χ1v) is 10.7. The predicted octanol–water partition coefficient (Wildman–Crippen LogP) is 2.27. The third kappa shape index (κ3) is 4.15. The van der Waals surface area contributed by atoms with Crippen molar-refractivity contribution >= 4 is 33.7 Å². The lowest BCUT2D eigenvalue weighted by Gasteiger charge is -2.27. The number of anilines is 2. The van der Waals surface area contributed by atoms with Gasteiger partial charge >= 0.3 is 0 Å². The van der Waals surface area contributed by atoms with Crippen LogP contribution in [0.25, 0.3) is 15.5 Å². The molecule has 0 radical (unpaired) electrons. The molecule has 1 amide bonds. The summed E-state index contributed by atoms with van der Waals surface area (Å²) in [5.74, 6) is 0.473. The van der Waals surface area contributed by atoms with Crippen LogP contribution in [0.4, 0.5) is 11.5 Å². The van der Waals surface area contributed by atoms with Gasteiger partial charge in [0.1, 0.15) is 10.8 Å². The van der Waals surface area contributed by atoms with Gasteiger partial charge in [-0.25, -0.2) is 4.98 Å². The summed E-state index contributed by atoms with van der Waals surface area (Å²) < 4.78 is 1.35. The number of carbonyl (C=O) groups excluding carboxylic acids is 1. The summed E-state index contributed by atoms with van der Waals surface area (Å²) in [5, 5.41) is 7.97. The van der Waals surface area contributed by atoms with Crippen molar-refractivity contribution in [1.29, 1.82) is 0 Å². The van der Waals surface area contributed by atoms with Gasteiger partial charge in [0.2, 0.25) is 10.9 Å². The summed E-state index contributed by atoms with van der Waals surface area (Å²) in [7, 11) is 0. The van der Waals surface area contributed by atoms with Gasteiger partial charge in [-0.2, -0.15) is 9.61 Å². The number of fused-ring (bicyclic) bond motifs is 1. The van der Waals surface area contributed by atoms with E-state index in [2.05, 4.69) is 15.3 Å². The van der Waals surface area contributed by atoms with Crippen molar-refractivity contribution in [3.63, 3.8) is 0 Å². The monoisotopic (exact) mass is 412 g/mol. The second kappa shape index (κ2) is 8.30. The zero-order chi connectivity index (χ0) is 20.4. The Morgan fingerprint density at radius 3 is 2.72 bits per heavy atom. The van der Waals surface area contributed by atoms with Gasteiger partial charge in [0.25, 0.3) is 5.56 Å². The third-order valence-electron chi connectivity index (χ3n) is 5.03. The van der Waals surface area contributed by atoms with E-state index in [0.717, 1.165) is 49.3 Å². The number of rotatable bonds is 5.